The lowest BCUT2D eigenvalue weighted by Crippen LogP contribution is -2.05. The number of hydrogen-bond acceptors (Lipinski definition) is 5. The number of anilines is 1. The van der Waals surface area contributed by atoms with E-state index in [1.807, 2.05) is 4.72 Å². The van der Waals surface area contributed by atoms with E-state index in [9.17, 15) is 13.0 Å². The van der Waals surface area contributed by atoms with Crippen LogP contribution in [-0.2, 0) is 11.3 Å². The predicted molar refractivity (Wildman–Crippen MR) is 95.7 cm³/mol. The Labute approximate surface area is 155 Å². The molecule has 0 spiro atoms. The largest absolute Gasteiger partial charge is 0.493 e. The third-order valence-corrected chi connectivity index (χ3v) is 4.04. The number of halogens is 2. The summed E-state index contributed by atoms with van der Waals surface area (Å²) in [5.41, 5.74) is 0.0340. The van der Waals surface area contributed by atoms with Crippen LogP contribution in [0, 0.1) is 11.6 Å². The minimum absolute atomic E-state index is 0.214. The maximum Gasteiger partial charge on any atom is 0.259 e. The summed E-state index contributed by atoms with van der Waals surface area (Å²) in [6, 6.07) is 6.22. The molecule has 1 aromatic heterocycles. The van der Waals surface area contributed by atoms with Crippen LogP contribution in [-0.4, -0.2) is 28.0 Å². The van der Waals surface area contributed by atoms with Crippen LogP contribution in [0.3, 0.4) is 0 Å². The van der Waals surface area contributed by atoms with Gasteiger partial charge in [-0.05, 0) is 12.1 Å². The lowest BCUT2D eigenvalue weighted by molar-refractivity contribution is 0.355. The van der Waals surface area contributed by atoms with Gasteiger partial charge in [0.05, 0.1) is 25.4 Å². The molecule has 1 atom stereocenters. The zero-order valence-electron chi connectivity index (χ0n) is 14.2. The van der Waals surface area contributed by atoms with E-state index >= 15 is 0 Å². The molecule has 2 N–H and O–H groups in total. The Kier molecular flexibility index (Phi) is 5.38. The molecule has 3 rings (SSSR count). The van der Waals surface area contributed by atoms with Crippen LogP contribution in [0.15, 0.2) is 36.5 Å². The van der Waals surface area contributed by atoms with Crippen molar-refractivity contribution >= 4 is 27.9 Å². The first-order valence-corrected chi connectivity index (χ1v) is 8.58. The van der Waals surface area contributed by atoms with Crippen molar-refractivity contribution in [1.29, 1.82) is 0 Å². The number of hydrogen-bond donors (Lipinski definition) is 2. The molecule has 0 saturated heterocycles. The van der Waals surface area contributed by atoms with Gasteiger partial charge in [-0.2, -0.15) is 0 Å². The van der Waals surface area contributed by atoms with E-state index in [1.54, 1.807) is 12.1 Å². The number of nitrogens with one attached hydrogen (secondary N) is 1. The van der Waals surface area contributed by atoms with E-state index in [2.05, 4.69) is 4.98 Å². The molecule has 27 heavy (non-hydrogen) atoms. The van der Waals surface area contributed by atoms with Gasteiger partial charge in [-0.1, -0.05) is 0 Å². The monoisotopic (exact) mass is 396 g/mol. The summed E-state index contributed by atoms with van der Waals surface area (Å²) in [5, 5.41) is 0.494. The maximum absolute atomic E-state index is 14.3. The van der Waals surface area contributed by atoms with E-state index < -0.39 is 34.3 Å². The predicted octanol–water partition coefficient (Wildman–Crippen LogP) is 3.87. The van der Waals surface area contributed by atoms with Gasteiger partial charge in [0.1, 0.15) is 5.75 Å². The molecule has 142 valence electrons. The normalized spacial score (nSPS) is 11.9. The van der Waals surface area contributed by atoms with Crippen LogP contribution in [0.25, 0.3) is 10.9 Å². The van der Waals surface area contributed by atoms with Gasteiger partial charge in [0, 0.05) is 29.8 Å². The van der Waals surface area contributed by atoms with Gasteiger partial charge in [-0.3, -0.25) is 14.3 Å². The number of nitrogens with zero attached hydrogens (tertiary/aromatic N) is 1. The fourth-order valence-electron chi connectivity index (χ4n) is 2.43. The van der Waals surface area contributed by atoms with Crippen LogP contribution in [0.2, 0.25) is 0 Å². The number of pyridine rings is 1. The molecule has 0 radical (unpaired) electrons. The Balaban J connectivity index is 2.04. The van der Waals surface area contributed by atoms with Crippen molar-refractivity contribution < 1.29 is 31.8 Å². The van der Waals surface area contributed by atoms with Gasteiger partial charge in [-0.15, -0.1) is 0 Å². The average Bonchev–Trinajstić information content (AvgIpc) is 2.64. The van der Waals surface area contributed by atoms with Gasteiger partial charge < -0.3 is 14.2 Å². The molecule has 10 heteroatoms. The lowest BCUT2D eigenvalue weighted by Gasteiger charge is -2.13. The van der Waals surface area contributed by atoms with E-state index in [1.165, 1.54) is 26.5 Å². The molecule has 7 nitrogen and oxygen atoms in total. The number of ether oxygens (including phenoxy) is 3. The summed E-state index contributed by atoms with van der Waals surface area (Å²) in [5.74, 6) is -1.19. The molecule has 0 aliphatic carbocycles. The molecular weight excluding hydrogens is 382 g/mol. The number of rotatable bonds is 6. The summed E-state index contributed by atoms with van der Waals surface area (Å²) in [4.78, 5) is 4.20. The van der Waals surface area contributed by atoms with E-state index in [4.69, 9.17) is 18.8 Å². The number of fused-ring (bicyclic) bond motifs is 1. The summed E-state index contributed by atoms with van der Waals surface area (Å²) in [7, 11) is 2.95. The van der Waals surface area contributed by atoms with Crippen molar-refractivity contribution in [2.45, 2.75) is 0 Å². The third-order valence-electron chi connectivity index (χ3n) is 3.65. The first-order chi connectivity index (χ1) is 12.9. The van der Waals surface area contributed by atoms with Gasteiger partial charge in [0.25, 0.3) is 11.3 Å². The summed E-state index contributed by atoms with van der Waals surface area (Å²) in [6.07, 6.45) is 1.45. The Bertz CT molecular complexity index is 1030. The van der Waals surface area contributed by atoms with Crippen molar-refractivity contribution in [3.8, 4) is 23.0 Å². The molecule has 0 amide bonds. The molecule has 3 aromatic rings. The van der Waals surface area contributed by atoms with Crippen molar-refractivity contribution in [2.24, 2.45) is 0 Å². The maximum atomic E-state index is 14.3. The minimum Gasteiger partial charge on any atom is -0.493 e. The zero-order valence-corrected chi connectivity index (χ0v) is 15.0. The minimum atomic E-state index is -2.54. The first kappa shape index (κ1) is 18.8. The second-order valence-electron chi connectivity index (χ2n) is 5.25. The lowest BCUT2D eigenvalue weighted by atomic mass is 10.2. The molecule has 1 unspecified atom stereocenters. The standard InChI is InChI=1S/C17H14F2N2O5S/c1-24-16-5-9-12(8-17(16)25-2)20-4-3-14(9)26-15-7-10(18)13(6-11(15)19)21-27(22)23/h3-8,21H,1-2H3,(H,22,23). The SMILES string of the molecule is COc1cc2nccc(Oc3cc(F)c(NS(=O)O)cc3F)c2cc1OC. The Morgan fingerprint density at radius 1 is 1.00 bits per heavy atom. The van der Waals surface area contributed by atoms with Crippen LogP contribution < -0.4 is 18.9 Å². The smallest absolute Gasteiger partial charge is 0.259 e. The van der Waals surface area contributed by atoms with Gasteiger partial charge in [0.2, 0.25) is 0 Å². The van der Waals surface area contributed by atoms with Gasteiger partial charge in [-0.25, -0.2) is 13.0 Å². The van der Waals surface area contributed by atoms with Crippen molar-refractivity contribution in [2.75, 3.05) is 18.9 Å². The van der Waals surface area contributed by atoms with Crippen LogP contribution in [0.4, 0.5) is 14.5 Å². The Morgan fingerprint density at radius 2 is 1.70 bits per heavy atom. The number of aromatic nitrogens is 1. The Hall–Kier alpha value is -2.98. The van der Waals surface area contributed by atoms with Crippen LogP contribution in [0.1, 0.15) is 0 Å². The second-order valence-corrected chi connectivity index (χ2v) is 5.95. The molecule has 0 aliphatic rings. The van der Waals surface area contributed by atoms with E-state index in [0.29, 0.717) is 22.4 Å². The topological polar surface area (TPSA) is 89.9 Å². The quantitative estimate of drug-likeness (QED) is 0.615. The van der Waals surface area contributed by atoms with Crippen molar-refractivity contribution in [3.63, 3.8) is 0 Å². The van der Waals surface area contributed by atoms with E-state index in [-0.39, 0.29) is 5.75 Å². The highest BCUT2D eigenvalue weighted by atomic mass is 32.2. The highest BCUT2D eigenvalue weighted by molar-refractivity contribution is 7.80. The molecule has 0 bridgehead atoms. The summed E-state index contributed by atoms with van der Waals surface area (Å²) in [6.45, 7) is 0. The second kappa shape index (κ2) is 7.72. The molecule has 2 aromatic carbocycles. The van der Waals surface area contributed by atoms with Crippen molar-refractivity contribution in [1.82, 2.24) is 4.98 Å². The summed E-state index contributed by atoms with van der Waals surface area (Å²) >= 11 is -2.54. The fourth-order valence-corrected chi connectivity index (χ4v) is 2.78. The number of methoxy groups -OCH3 is 2. The highest BCUT2D eigenvalue weighted by Gasteiger charge is 2.16. The van der Waals surface area contributed by atoms with E-state index in [0.717, 1.165) is 12.1 Å². The van der Waals surface area contributed by atoms with Crippen LogP contribution in [0.5, 0.6) is 23.0 Å². The molecular formula is C17H14F2N2O5S. The van der Waals surface area contributed by atoms with Gasteiger partial charge >= 0.3 is 0 Å². The first-order valence-electron chi connectivity index (χ1n) is 7.48. The molecule has 0 saturated carbocycles. The number of benzene rings is 2. The van der Waals surface area contributed by atoms with Gasteiger partial charge in [0.15, 0.2) is 28.9 Å². The highest BCUT2D eigenvalue weighted by Crippen LogP contribution is 2.38. The summed E-state index contributed by atoms with van der Waals surface area (Å²) < 4.78 is 65.6. The fraction of sp³-hybridized carbons (Fsp3) is 0.118. The van der Waals surface area contributed by atoms with Crippen LogP contribution >= 0.6 is 0 Å². The Morgan fingerprint density at radius 3 is 2.37 bits per heavy atom. The molecule has 1 heterocycles. The molecule has 0 fully saturated rings. The average molecular weight is 396 g/mol. The molecule has 0 aliphatic heterocycles. The third kappa shape index (κ3) is 3.91. The zero-order chi connectivity index (χ0) is 19.6. The van der Waals surface area contributed by atoms with Crippen molar-refractivity contribution in [3.05, 3.63) is 48.2 Å².